The van der Waals surface area contributed by atoms with Gasteiger partial charge in [-0.05, 0) is 0 Å². The molecule has 0 saturated heterocycles. The maximum atomic E-state index is 11.7. The molecule has 0 aliphatic carbocycles. The maximum Gasteiger partial charge on any atom is 0.320 e. The second-order valence-corrected chi connectivity index (χ2v) is 2.63. The molecule has 0 spiro atoms. The van der Waals surface area contributed by atoms with Crippen LogP contribution >= 0.6 is 0 Å². The zero-order valence-electron chi connectivity index (χ0n) is 7.48. The Kier molecular flexibility index (Phi) is 5.73. The Morgan fingerprint density at radius 2 is 2.07 bits per heavy atom. The normalized spacial score (nSPS) is 14.7. The SMILES string of the molecule is NC(=O)[C@H](CC(N)C(=O)O)OCCF. The predicted octanol–water partition coefficient (Wildman–Crippen LogP) is -1.37. The van der Waals surface area contributed by atoms with Gasteiger partial charge in [0, 0.05) is 6.42 Å². The Balaban J connectivity index is 4.08. The van der Waals surface area contributed by atoms with E-state index >= 15 is 0 Å². The summed E-state index contributed by atoms with van der Waals surface area (Å²) in [5.41, 5.74) is 10.0. The fourth-order valence-electron chi connectivity index (χ4n) is 0.785. The third-order valence-electron chi connectivity index (χ3n) is 1.50. The van der Waals surface area contributed by atoms with Crippen molar-refractivity contribution in [3.8, 4) is 0 Å². The molecule has 82 valence electrons. The highest BCUT2D eigenvalue weighted by molar-refractivity contribution is 5.80. The molecule has 0 aliphatic rings. The number of aliphatic carboxylic acids is 1. The number of hydrogen-bond donors (Lipinski definition) is 3. The number of ether oxygens (including phenoxy) is 1. The average Bonchev–Trinajstić information content (AvgIpc) is 2.10. The van der Waals surface area contributed by atoms with Crippen LogP contribution in [0.4, 0.5) is 4.39 Å². The van der Waals surface area contributed by atoms with Crippen LogP contribution in [0.2, 0.25) is 0 Å². The van der Waals surface area contributed by atoms with Crippen molar-refractivity contribution in [2.24, 2.45) is 11.5 Å². The van der Waals surface area contributed by atoms with Gasteiger partial charge in [0.05, 0.1) is 6.61 Å². The van der Waals surface area contributed by atoms with Crippen molar-refractivity contribution in [2.75, 3.05) is 13.3 Å². The molecular weight excluding hydrogens is 195 g/mol. The summed E-state index contributed by atoms with van der Waals surface area (Å²) in [6.07, 6.45) is -1.41. The summed E-state index contributed by atoms with van der Waals surface area (Å²) in [6.45, 7) is -1.08. The van der Waals surface area contributed by atoms with E-state index in [1.54, 1.807) is 0 Å². The smallest absolute Gasteiger partial charge is 0.320 e. The second-order valence-electron chi connectivity index (χ2n) is 2.63. The third-order valence-corrected chi connectivity index (χ3v) is 1.50. The molecule has 0 aromatic heterocycles. The molecule has 0 saturated carbocycles. The molecule has 14 heavy (non-hydrogen) atoms. The fourth-order valence-corrected chi connectivity index (χ4v) is 0.785. The van der Waals surface area contributed by atoms with Gasteiger partial charge in [-0.1, -0.05) is 0 Å². The zero-order chi connectivity index (χ0) is 11.1. The first-order valence-electron chi connectivity index (χ1n) is 3.94. The Labute approximate surface area is 80.0 Å². The van der Waals surface area contributed by atoms with Crippen LogP contribution in [0.3, 0.4) is 0 Å². The van der Waals surface area contributed by atoms with Gasteiger partial charge in [-0.25, -0.2) is 4.39 Å². The predicted molar refractivity (Wildman–Crippen MR) is 45.1 cm³/mol. The van der Waals surface area contributed by atoms with Gasteiger partial charge in [0.25, 0.3) is 0 Å². The minimum Gasteiger partial charge on any atom is -0.480 e. The highest BCUT2D eigenvalue weighted by atomic mass is 19.1. The lowest BCUT2D eigenvalue weighted by molar-refractivity contribution is -0.140. The molecule has 1 amide bonds. The van der Waals surface area contributed by atoms with Gasteiger partial charge in [-0.15, -0.1) is 0 Å². The quantitative estimate of drug-likeness (QED) is 0.477. The lowest BCUT2D eigenvalue weighted by atomic mass is 10.1. The second kappa shape index (κ2) is 6.28. The van der Waals surface area contributed by atoms with E-state index in [2.05, 4.69) is 4.74 Å². The van der Waals surface area contributed by atoms with Gasteiger partial charge in [-0.2, -0.15) is 0 Å². The average molecular weight is 208 g/mol. The zero-order valence-corrected chi connectivity index (χ0v) is 7.48. The van der Waals surface area contributed by atoms with E-state index in [9.17, 15) is 14.0 Å². The topological polar surface area (TPSA) is 116 Å². The first-order valence-corrected chi connectivity index (χ1v) is 3.94. The van der Waals surface area contributed by atoms with E-state index in [0.29, 0.717) is 0 Å². The molecule has 0 aliphatic heterocycles. The summed E-state index contributed by atoms with van der Waals surface area (Å²) < 4.78 is 16.4. The summed E-state index contributed by atoms with van der Waals surface area (Å²) in [7, 11) is 0. The van der Waals surface area contributed by atoms with Gasteiger partial charge in [0.1, 0.15) is 18.8 Å². The molecule has 5 N–H and O–H groups in total. The summed E-state index contributed by atoms with van der Waals surface area (Å²) in [5, 5.41) is 8.43. The molecule has 0 bridgehead atoms. The van der Waals surface area contributed by atoms with Crippen LogP contribution in [0.15, 0.2) is 0 Å². The molecule has 0 rings (SSSR count). The first-order chi connectivity index (χ1) is 6.49. The number of amides is 1. The standard InChI is InChI=1S/C7H13FN2O4/c8-1-2-14-5(6(10)11)3-4(9)7(12)13/h4-5H,1-3,9H2,(H2,10,11)(H,12,13)/t4?,5-/m0/s1. The van der Waals surface area contributed by atoms with E-state index in [-0.39, 0.29) is 13.0 Å². The van der Waals surface area contributed by atoms with Crippen molar-refractivity contribution in [3.05, 3.63) is 0 Å². The highest BCUT2D eigenvalue weighted by Crippen LogP contribution is 2.01. The van der Waals surface area contributed by atoms with Gasteiger partial charge in [-0.3, -0.25) is 9.59 Å². The Bertz CT molecular complexity index is 212. The van der Waals surface area contributed by atoms with Gasteiger partial charge < -0.3 is 21.3 Å². The van der Waals surface area contributed by atoms with Crippen LogP contribution in [-0.4, -0.2) is 42.4 Å². The number of carboxylic acids is 1. The number of carbonyl (C=O) groups is 2. The molecule has 7 heteroatoms. The lowest BCUT2D eigenvalue weighted by Crippen LogP contribution is -2.41. The van der Waals surface area contributed by atoms with Crippen molar-refractivity contribution in [1.82, 2.24) is 0 Å². The Morgan fingerprint density at radius 3 is 2.43 bits per heavy atom. The molecule has 0 fully saturated rings. The summed E-state index contributed by atoms with van der Waals surface area (Å²) in [4.78, 5) is 21.0. The van der Waals surface area contributed by atoms with Crippen LogP contribution < -0.4 is 11.5 Å². The van der Waals surface area contributed by atoms with Crippen molar-refractivity contribution in [2.45, 2.75) is 18.6 Å². The molecule has 0 aromatic rings. The Hall–Kier alpha value is -1.21. The van der Waals surface area contributed by atoms with Crippen molar-refractivity contribution in [3.63, 3.8) is 0 Å². The number of halogens is 1. The number of hydrogen-bond acceptors (Lipinski definition) is 4. The van der Waals surface area contributed by atoms with Crippen LogP contribution in [-0.2, 0) is 14.3 Å². The number of carboxylic acid groups (broad SMARTS) is 1. The summed E-state index contributed by atoms with van der Waals surface area (Å²) in [5.74, 6) is -2.12. The minimum atomic E-state index is -1.26. The van der Waals surface area contributed by atoms with Crippen molar-refractivity contribution < 1.29 is 23.8 Å². The molecule has 2 atom stereocenters. The highest BCUT2D eigenvalue weighted by Gasteiger charge is 2.23. The molecule has 0 radical (unpaired) electrons. The number of alkyl halides is 1. The summed E-state index contributed by atoms with van der Waals surface area (Å²) in [6, 6.07) is -1.24. The first kappa shape index (κ1) is 12.8. The molecule has 0 aromatic carbocycles. The van der Waals surface area contributed by atoms with Crippen LogP contribution in [0.5, 0.6) is 0 Å². The fraction of sp³-hybridized carbons (Fsp3) is 0.714. The monoisotopic (exact) mass is 208 g/mol. The number of primary amides is 1. The molecule has 0 heterocycles. The largest absolute Gasteiger partial charge is 0.480 e. The summed E-state index contributed by atoms with van der Waals surface area (Å²) >= 11 is 0. The maximum absolute atomic E-state index is 11.7. The van der Waals surface area contributed by atoms with Crippen molar-refractivity contribution >= 4 is 11.9 Å². The van der Waals surface area contributed by atoms with Crippen molar-refractivity contribution in [1.29, 1.82) is 0 Å². The van der Waals surface area contributed by atoms with E-state index in [4.69, 9.17) is 16.6 Å². The van der Waals surface area contributed by atoms with Crippen LogP contribution in [0, 0.1) is 0 Å². The number of carbonyl (C=O) groups excluding carboxylic acids is 1. The molecule has 1 unspecified atom stereocenters. The molecular formula is C7H13FN2O4. The van der Waals surface area contributed by atoms with Gasteiger partial charge in [0.15, 0.2) is 0 Å². The Morgan fingerprint density at radius 1 is 1.50 bits per heavy atom. The molecule has 6 nitrogen and oxygen atoms in total. The van der Waals surface area contributed by atoms with E-state index in [0.717, 1.165) is 0 Å². The minimum absolute atomic E-state index is 0.259. The van der Waals surface area contributed by atoms with Crippen LogP contribution in [0.25, 0.3) is 0 Å². The van der Waals surface area contributed by atoms with E-state index < -0.39 is 30.7 Å². The van der Waals surface area contributed by atoms with Gasteiger partial charge >= 0.3 is 5.97 Å². The van der Waals surface area contributed by atoms with Gasteiger partial charge in [0.2, 0.25) is 5.91 Å². The number of rotatable bonds is 7. The number of nitrogens with two attached hydrogens (primary N) is 2. The lowest BCUT2D eigenvalue weighted by Gasteiger charge is -2.15. The van der Waals surface area contributed by atoms with E-state index in [1.807, 2.05) is 0 Å². The van der Waals surface area contributed by atoms with Crippen LogP contribution in [0.1, 0.15) is 6.42 Å². The van der Waals surface area contributed by atoms with E-state index in [1.165, 1.54) is 0 Å². The third kappa shape index (κ3) is 4.73.